The second-order valence-corrected chi connectivity index (χ2v) is 6.87. The molecule has 2 aromatic heterocycles. The van der Waals surface area contributed by atoms with Gasteiger partial charge in [0, 0.05) is 6.54 Å². The zero-order valence-corrected chi connectivity index (χ0v) is 14.4. The largest absolute Gasteiger partial charge is 0.497 e. The Morgan fingerprint density at radius 3 is 2.50 bits per heavy atom. The molecule has 3 aromatic rings. The first-order chi connectivity index (χ1) is 11.5. The molecular weight excluding hydrogens is 381 g/mol. The molecule has 8 nitrogen and oxygen atoms in total. The number of nitrogens with zero attached hydrogens (tertiary/aromatic N) is 4. The molecule has 1 N–H and O–H groups in total. The van der Waals surface area contributed by atoms with Gasteiger partial charge in [0.25, 0.3) is 9.68 Å². The molecule has 11 heteroatoms. The molecule has 24 heavy (non-hydrogen) atoms. The predicted molar refractivity (Wildman–Crippen MR) is 87.1 cm³/mol. The van der Waals surface area contributed by atoms with Crippen molar-refractivity contribution in [1.82, 2.24) is 20.5 Å². The molecule has 1 aromatic carbocycles. The van der Waals surface area contributed by atoms with E-state index in [9.17, 15) is 0 Å². The maximum Gasteiger partial charge on any atom is 0.279 e. The Kier molecular flexibility index (Phi) is 4.79. The van der Waals surface area contributed by atoms with Crippen molar-refractivity contribution in [3.63, 3.8) is 0 Å². The van der Waals surface area contributed by atoms with Crippen LogP contribution in [0.2, 0.25) is 0 Å². The number of alkyl halides is 3. The smallest absolute Gasteiger partial charge is 0.279 e. The molecule has 126 valence electrons. The summed E-state index contributed by atoms with van der Waals surface area (Å²) in [5.41, 5.74) is 1.24. The second-order valence-electron chi connectivity index (χ2n) is 4.58. The van der Waals surface area contributed by atoms with Gasteiger partial charge in [-0.1, -0.05) is 52.1 Å². The van der Waals surface area contributed by atoms with Crippen LogP contribution in [0.15, 0.2) is 33.4 Å². The van der Waals surface area contributed by atoms with Crippen LogP contribution in [0.4, 0.5) is 5.82 Å². The van der Waals surface area contributed by atoms with Gasteiger partial charge in [-0.05, 0) is 28.0 Å². The van der Waals surface area contributed by atoms with Crippen molar-refractivity contribution < 1.29 is 13.9 Å². The summed E-state index contributed by atoms with van der Waals surface area (Å²) in [5.74, 6) is 1.03. The van der Waals surface area contributed by atoms with E-state index in [0.29, 0.717) is 12.4 Å². The van der Waals surface area contributed by atoms with Gasteiger partial charge >= 0.3 is 0 Å². The summed E-state index contributed by atoms with van der Waals surface area (Å²) < 4.78 is 12.9. The van der Waals surface area contributed by atoms with Crippen molar-refractivity contribution in [2.24, 2.45) is 0 Å². The monoisotopic (exact) mass is 389 g/mol. The van der Waals surface area contributed by atoms with E-state index in [0.717, 1.165) is 11.3 Å². The van der Waals surface area contributed by atoms with Gasteiger partial charge in [0.2, 0.25) is 11.6 Å². The van der Waals surface area contributed by atoms with E-state index in [1.807, 2.05) is 24.3 Å². The molecule has 0 aliphatic rings. The molecule has 0 radical (unpaired) electrons. The molecular formula is C13H10Cl3N5O3. The first-order valence-corrected chi connectivity index (χ1v) is 7.71. The standard InChI is InChI=1S/C13H10Cl3N5O3/c1-22-8-4-2-7(3-5-8)6-17-10-9(19-24-21-10)11-18-12(23-20-11)13(14,15)16/h2-5H,6H2,1H3,(H,17,21). The zero-order chi connectivity index (χ0) is 17.2. The Morgan fingerprint density at radius 2 is 1.88 bits per heavy atom. The Balaban J connectivity index is 1.74. The molecule has 0 saturated carbocycles. The van der Waals surface area contributed by atoms with Crippen LogP contribution in [0.3, 0.4) is 0 Å². The van der Waals surface area contributed by atoms with E-state index in [1.165, 1.54) is 0 Å². The maximum atomic E-state index is 5.69. The van der Waals surface area contributed by atoms with Crippen molar-refractivity contribution in [2.75, 3.05) is 12.4 Å². The molecule has 0 fully saturated rings. The number of hydrogen-bond donors (Lipinski definition) is 1. The first-order valence-electron chi connectivity index (χ1n) is 6.58. The highest BCUT2D eigenvalue weighted by Crippen LogP contribution is 2.38. The summed E-state index contributed by atoms with van der Waals surface area (Å²) in [4.78, 5) is 3.97. The normalized spacial score (nSPS) is 11.5. The first kappa shape index (κ1) is 16.8. The third kappa shape index (κ3) is 3.72. The lowest BCUT2D eigenvalue weighted by Crippen LogP contribution is -2.02. The summed E-state index contributed by atoms with van der Waals surface area (Å²) in [5, 5.41) is 14.3. The topological polar surface area (TPSA) is 99.1 Å². The number of halogens is 3. The molecule has 0 amide bonds. The van der Waals surface area contributed by atoms with Gasteiger partial charge in [0.05, 0.1) is 7.11 Å². The van der Waals surface area contributed by atoms with Gasteiger partial charge in [0.15, 0.2) is 5.69 Å². The molecule has 0 bridgehead atoms. The highest BCUT2D eigenvalue weighted by molar-refractivity contribution is 6.66. The van der Waals surface area contributed by atoms with Crippen molar-refractivity contribution in [2.45, 2.75) is 10.3 Å². The Hall–Kier alpha value is -2.03. The summed E-state index contributed by atoms with van der Waals surface area (Å²) in [7, 11) is 1.61. The average Bonchev–Trinajstić information content (AvgIpc) is 3.21. The van der Waals surface area contributed by atoms with Crippen LogP contribution in [-0.4, -0.2) is 27.6 Å². The van der Waals surface area contributed by atoms with Crippen LogP contribution >= 0.6 is 34.8 Å². The number of nitrogens with one attached hydrogen (secondary N) is 1. The SMILES string of the molecule is COc1ccc(CNc2nonc2-c2noc(C(Cl)(Cl)Cl)n2)cc1. The van der Waals surface area contributed by atoms with Gasteiger partial charge in [0.1, 0.15) is 5.75 Å². The lowest BCUT2D eigenvalue weighted by molar-refractivity contribution is 0.309. The van der Waals surface area contributed by atoms with E-state index >= 15 is 0 Å². The van der Waals surface area contributed by atoms with Crippen LogP contribution in [0.25, 0.3) is 11.5 Å². The summed E-state index contributed by atoms with van der Waals surface area (Å²) in [6, 6.07) is 7.53. The van der Waals surface area contributed by atoms with E-state index < -0.39 is 3.79 Å². The molecule has 0 atom stereocenters. The van der Waals surface area contributed by atoms with Crippen LogP contribution in [0.1, 0.15) is 11.5 Å². The lowest BCUT2D eigenvalue weighted by Gasteiger charge is -2.04. The number of benzene rings is 1. The number of aromatic nitrogens is 4. The second kappa shape index (κ2) is 6.84. The minimum atomic E-state index is -1.82. The third-order valence-corrected chi connectivity index (χ3v) is 3.47. The van der Waals surface area contributed by atoms with Gasteiger partial charge in [-0.25, -0.2) is 4.63 Å². The quantitative estimate of drug-likeness (QED) is 0.660. The van der Waals surface area contributed by atoms with Crippen LogP contribution in [0, 0.1) is 0 Å². The fourth-order valence-corrected chi connectivity index (χ4v) is 2.05. The van der Waals surface area contributed by atoms with E-state index in [2.05, 4.69) is 25.8 Å². The fourth-order valence-electron chi connectivity index (χ4n) is 1.82. The highest BCUT2D eigenvalue weighted by atomic mass is 35.6. The van der Waals surface area contributed by atoms with Crippen LogP contribution in [0.5, 0.6) is 5.75 Å². The maximum absolute atomic E-state index is 5.69. The Bertz CT molecular complexity index is 813. The number of rotatable bonds is 5. The van der Waals surface area contributed by atoms with Crippen molar-refractivity contribution in [3.05, 3.63) is 35.7 Å². The van der Waals surface area contributed by atoms with Gasteiger partial charge in [-0.2, -0.15) is 4.98 Å². The molecule has 3 rings (SSSR count). The minimum Gasteiger partial charge on any atom is -0.497 e. The zero-order valence-electron chi connectivity index (χ0n) is 12.2. The summed E-state index contributed by atoms with van der Waals surface area (Å²) in [6.45, 7) is 0.473. The van der Waals surface area contributed by atoms with Crippen molar-refractivity contribution >= 4 is 40.6 Å². The van der Waals surface area contributed by atoms with E-state index in [1.54, 1.807) is 7.11 Å². The fraction of sp³-hybridized carbons (Fsp3) is 0.231. The average molecular weight is 391 g/mol. The summed E-state index contributed by atoms with van der Waals surface area (Å²) >= 11 is 17.1. The molecule has 0 unspecified atom stereocenters. The predicted octanol–water partition coefficient (Wildman–Crippen LogP) is 3.57. The molecule has 0 aliphatic heterocycles. The van der Waals surface area contributed by atoms with E-state index in [4.69, 9.17) is 48.7 Å². The van der Waals surface area contributed by atoms with E-state index in [-0.39, 0.29) is 17.4 Å². The Morgan fingerprint density at radius 1 is 1.12 bits per heavy atom. The van der Waals surface area contributed by atoms with Crippen LogP contribution < -0.4 is 10.1 Å². The lowest BCUT2D eigenvalue weighted by atomic mass is 10.2. The number of hydrogen-bond acceptors (Lipinski definition) is 8. The van der Waals surface area contributed by atoms with Crippen molar-refractivity contribution in [1.29, 1.82) is 0 Å². The molecule has 0 aliphatic carbocycles. The number of methoxy groups -OCH3 is 1. The van der Waals surface area contributed by atoms with Crippen molar-refractivity contribution in [3.8, 4) is 17.3 Å². The van der Waals surface area contributed by atoms with Crippen LogP contribution in [-0.2, 0) is 10.3 Å². The van der Waals surface area contributed by atoms with Gasteiger partial charge in [-0.3, -0.25) is 0 Å². The molecule has 0 saturated heterocycles. The number of anilines is 1. The van der Waals surface area contributed by atoms with Gasteiger partial charge < -0.3 is 14.6 Å². The third-order valence-electron chi connectivity index (χ3n) is 2.99. The summed E-state index contributed by atoms with van der Waals surface area (Å²) in [6.07, 6.45) is 0. The highest BCUT2D eigenvalue weighted by Gasteiger charge is 2.32. The molecule has 2 heterocycles. The Labute approximate surface area is 151 Å². The number of ether oxygens (including phenoxy) is 1. The molecule has 0 spiro atoms. The van der Waals surface area contributed by atoms with Gasteiger partial charge in [-0.15, -0.1) is 0 Å². The minimum absolute atomic E-state index is 0.0924.